The van der Waals surface area contributed by atoms with Crippen LogP contribution in [0.3, 0.4) is 0 Å². The maximum atomic E-state index is 11.1. The van der Waals surface area contributed by atoms with Crippen molar-refractivity contribution in [3.63, 3.8) is 0 Å². The minimum Gasteiger partial charge on any atom is -0.616 e. The van der Waals surface area contributed by atoms with Crippen LogP contribution in [0.25, 0.3) is 0 Å². The van der Waals surface area contributed by atoms with Gasteiger partial charge in [-0.3, -0.25) is 0 Å². The van der Waals surface area contributed by atoms with Crippen molar-refractivity contribution < 1.29 is 4.55 Å². The van der Waals surface area contributed by atoms with E-state index in [0.717, 1.165) is 24.3 Å². The molecule has 0 amide bonds. The summed E-state index contributed by atoms with van der Waals surface area (Å²) >= 11 is -0.508. The minimum atomic E-state index is -0.508. The fourth-order valence-corrected chi connectivity index (χ4v) is 3.03. The molecule has 0 aliphatic carbocycles. The summed E-state index contributed by atoms with van der Waals surface area (Å²) in [6, 6.07) is 0.697. The van der Waals surface area contributed by atoms with Crippen molar-refractivity contribution in [2.24, 2.45) is 0 Å². The van der Waals surface area contributed by atoms with E-state index in [1.165, 1.54) is 13.0 Å². The van der Waals surface area contributed by atoms with Gasteiger partial charge in [-0.1, -0.05) is 18.1 Å². The van der Waals surface area contributed by atoms with Gasteiger partial charge in [-0.15, -0.1) is 0 Å². The first kappa shape index (κ1) is 10.4. The lowest BCUT2D eigenvalue weighted by molar-refractivity contribution is 0.227. The van der Waals surface area contributed by atoms with Crippen LogP contribution in [0.1, 0.15) is 26.2 Å². The largest absolute Gasteiger partial charge is 0.616 e. The maximum absolute atomic E-state index is 11.1. The molecule has 3 heteroatoms. The van der Waals surface area contributed by atoms with Crippen LogP contribution in [0.2, 0.25) is 0 Å². The number of rotatable bonds is 3. The lowest BCUT2D eigenvalue weighted by Crippen LogP contribution is -2.39. The molecular formula is C9H19NOS. The molecule has 0 aromatic rings. The highest BCUT2D eigenvalue weighted by Crippen LogP contribution is 2.16. The Kier molecular flexibility index (Phi) is 4.40. The normalized spacial score (nSPS) is 31.0. The molecule has 12 heavy (non-hydrogen) atoms. The van der Waals surface area contributed by atoms with Gasteiger partial charge >= 0.3 is 0 Å². The third-order valence-corrected chi connectivity index (χ3v) is 3.94. The molecule has 2 nitrogen and oxygen atoms in total. The van der Waals surface area contributed by atoms with Gasteiger partial charge in [0.05, 0.1) is 0 Å². The molecule has 1 fully saturated rings. The molecule has 1 aliphatic rings. The predicted octanol–water partition coefficient (Wildman–Crippen LogP) is 1.24. The van der Waals surface area contributed by atoms with Crippen molar-refractivity contribution in [3.8, 4) is 0 Å². The highest BCUT2D eigenvalue weighted by Gasteiger charge is 2.23. The zero-order chi connectivity index (χ0) is 8.97. The Labute approximate surface area is 78.5 Å². The van der Waals surface area contributed by atoms with E-state index in [4.69, 9.17) is 0 Å². The van der Waals surface area contributed by atoms with E-state index >= 15 is 0 Å². The number of hydrogen-bond donors (Lipinski definition) is 0. The van der Waals surface area contributed by atoms with Gasteiger partial charge in [-0.05, 0) is 20.0 Å². The molecule has 1 heterocycles. The Bertz CT molecular complexity index is 124. The molecule has 0 aromatic carbocycles. The smallest absolute Gasteiger partial charge is 0.107 e. The van der Waals surface area contributed by atoms with Crippen LogP contribution in [0.15, 0.2) is 0 Å². The lowest BCUT2D eigenvalue weighted by Gasteiger charge is -2.31. The first-order chi connectivity index (χ1) is 5.74. The summed E-state index contributed by atoms with van der Waals surface area (Å²) in [5, 5.41) is 0. The second-order valence-electron chi connectivity index (χ2n) is 3.56. The Balaban J connectivity index is 2.24. The van der Waals surface area contributed by atoms with E-state index in [-0.39, 0.29) is 0 Å². The average Bonchev–Trinajstić information content (AvgIpc) is 2.06. The Hall–Kier alpha value is 0.270. The zero-order valence-corrected chi connectivity index (χ0v) is 8.90. The molecule has 0 radical (unpaired) electrons. The fourth-order valence-electron chi connectivity index (χ4n) is 1.76. The van der Waals surface area contributed by atoms with Crippen LogP contribution in [0.4, 0.5) is 0 Å². The summed E-state index contributed by atoms with van der Waals surface area (Å²) in [4.78, 5) is 2.41. The van der Waals surface area contributed by atoms with E-state index in [2.05, 4.69) is 18.9 Å². The molecule has 0 atom stereocenters. The van der Waals surface area contributed by atoms with Crippen molar-refractivity contribution in [3.05, 3.63) is 0 Å². The van der Waals surface area contributed by atoms with Crippen LogP contribution >= 0.6 is 0 Å². The van der Waals surface area contributed by atoms with Gasteiger partial charge in [0.25, 0.3) is 0 Å². The molecule has 72 valence electrons. The molecule has 0 bridgehead atoms. The monoisotopic (exact) mass is 189 g/mol. The average molecular weight is 189 g/mol. The number of hydrogen-bond acceptors (Lipinski definition) is 2. The van der Waals surface area contributed by atoms with E-state index in [1.807, 2.05) is 0 Å². The van der Waals surface area contributed by atoms with Crippen LogP contribution < -0.4 is 0 Å². The predicted molar refractivity (Wildman–Crippen MR) is 53.8 cm³/mol. The van der Waals surface area contributed by atoms with Crippen molar-refractivity contribution >= 4 is 11.2 Å². The maximum Gasteiger partial charge on any atom is 0.107 e. The lowest BCUT2D eigenvalue weighted by atomic mass is 10.1. The van der Waals surface area contributed by atoms with Crippen molar-refractivity contribution in [2.45, 2.75) is 32.2 Å². The molecule has 1 saturated heterocycles. The van der Waals surface area contributed by atoms with Crippen molar-refractivity contribution in [1.82, 2.24) is 4.90 Å². The molecule has 0 N–H and O–H groups in total. The van der Waals surface area contributed by atoms with Gasteiger partial charge in [0.2, 0.25) is 0 Å². The minimum absolute atomic E-state index is 0.508. The molecule has 1 rings (SSSR count). The van der Waals surface area contributed by atoms with Crippen LogP contribution in [0.5, 0.6) is 0 Å². The highest BCUT2D eigenvalue weighted by molar-refractivity contribution is 7.91. The fraction of sp³-hybridized carbons (Fsp3) is 1.00. The Morgan fingerprint density at radius 2 is 2.00 bits per heavy atom. The van der Waals surface area contributed by atoms with Crippen molar-refractivity contribution in [2.75, 3.05) is 25.1 Å². The molecular weight excluding hydrogens is 170 g/mol. The van der Waals surface area contributed by atoms with E-state index in [0.29, 0.717) is 6.04 Å². The second-order valence-corrected chi connectivity index (χ2v) is 5.26. The second kappa shape index (κ2) is 5.10. The summed E-state index contributed by atoms with van der Waals surface area (Å²) in [7, 11) is 2.18. The van der Waals surface area contributed by atoms with Crippen molar-refractivity contribution in [1.29, 1.82) is 0 Å². The third kappa shape index (κ3) is 2.96. The molecule has 0 aromatic heterocycles. The highest BCUT2D eigenvalue weighted by atomic mass is 32.2. The third-order valence-electron chi connectivity index (χ3n) is 2.56. The number of nitrogens with zero attached hydrogens (tertiary/aromatic N) is 1. The van der Waals surface area contributed by atoms with Crippen LogP contribution in [-0.4, -0.2) is 40.6 Å². The molecule has 0 spiro atoms. The summed E-state index contributed by atoms with van der Waals surface area (Å²) in [6.45, 7) is 3.38. The summed E-state index contributed by atoms with van der Waals surface area (Å²) in [6.07, 6.45) is 3.47. The van der Waals surface area contributed by atoms with Gasteiger partial charge in [0, 0.05) is 18.9 Å². The molecule has 0 saturated carbocycles. The van der Waals surface area contributed by atoms with Gasteiger partial charge in [0.15, 0.2) is 0 Å². The van der Waals surface area contributed by atoms with E-state index < -0.39 is 11.2 Å². The summed E-state index contributed by atoms with van der Waals surface area (Å²) < 4.78 is 11.1. The van der Waals surface area contributed by atoms with Gasteiger partial charge in [-0.25, -0.2) is 0 Å². The zero-order valence-electron chi connectivity index (χ0n) is 8.08. The van der Waals surface area contributed by atoms with Gasteiger partial charge < -0.3 is 9.45 Å². The molecule has 0 unspecified atom stereocenters. The quantitative estimate of drug-likeness (QED) is 0.624. The standard InChI is InChI=1S/C9H19NOS/c1-3-6-10(2)9-4-7-12(11)8-5-9/h9H,3-8H2,1-2H3. The van der Waals surface area contributed by atoms with E-state index in [9.17, 15) is 4.55 Å². The van der Waals surface area contributed by atoms with Gasteiger partial charge in [0.1, 0.15) is 11.5 Å². The first-order valence-electron chi connectivity index (χ1n) is 4.79. The Morgan fingerprint density at radius 3 is 2.50 bits per heavy atom. The van der Waals surface area contributed by atoms with Crippen LogP contribution in [-0.2, 0) is 11.2 Å². The summed E-state index contributed by atoms with van der Waals surface area (Å²) in [5.41, 5.74) is 0. The van der Waals surface area contributed by atoms with E-state index in [1.54, 1.807) is 0 Å². The molecule has 1 aliphatic heterocycles. The first-order valence-corrected chi connectivity index (χ1v) is 6.28. The summed E-state index contributed by atoms with van der Waals surface area (Å²) in [5.74, 6) is 1.83. The van der Waals surface area contributed by atoms with Crippen LogP contribution in [0, 0.1) is 0 Å². The van der Waals surface area contributed by atoms with Gasteiger partial charge in [-0.2, -0.15) is 0 Å². The SMILES string of the molecule is CCCN(C)C1CC[S+]([O-])CC1. The topological polar surface area (TPSA) is 26.3 Å². The Morgan fingerprint density at radius 1 is 1.42 bits per heavy atom.